The number of hydrogen-bond donors (Lipinski definition) is 1. The fourth-order valence-corrected chi connectivity index (χ4v) is 2.12. The lowest BCUT2D eigenvalue weighted by Gasteiger charge is -2.27. The Balaban J connectivity index is 2.13. The molecule has 90 valence electrons. The van der Waals surface area contributed by atoms with E-state index in [2.05, 4.69) is 10.3 Å². The van der Waals surface area contributed by atoms with Gasteiger partial charge in [-0.25, -0.2) is 0 Å². The third-order valence-corrected chi connectivity index (χ3v) is 2.99. The topological polar surface area (TPSA) is 62.3 Å². The molecular formula is C13H11N3O2. The molecule has 18 heavy (non-hydrogen) atoms. The van der Waals surface area contributed by atoms with Gasteiger partial charge in [0.1, 0.15) is 6.54 Å². The highest BCUT2D eigenvalue weighted by Gasteiger charge is 2.25. The van der Waals surface area contributed by atoms with Crippen LogP contribution in [0.3, 0.4) is 0 Å². The third-order valence-electron chi connectivity index (χ3n) is 2.99. The van der Waals surface area contributed by atoms with Gasteiger partial charge in [0.2, 0.25) is 11.8 Å². The van der Waals surface area contributed by atoms with Gasteiger partial charge in [0.25, 0.3) is 0 Å². The normalized spacial score (nSPS) is 15.9. The van der Waals surface area contributed by atoms with Crippen LogP contribution in [-0.4, -0.2) is 29.9 Å². The highest BCUT2D eigenvalue weighted by atomic mass is 16.2. The van der Waals surface area contributed by atoms with Crippen molar-refractivity contribution in [3.63, 3.8) is 0 Å². The van der Waals surface area contributed by atoms with Gasteiger partial charge in [0, 0.05) is 23.2 Å². The van der Waals surface area contributed by atoms with Crippen molar-refractivity contribution >= 4 is 28.3 Å². The number of nitrogens with zero attached hydrogens (tertiary/aromatic N) is 2. The van der Waals surface area contributed by atoms with Gasteiger partial charge in [0.15, 0.2) is 0 Å². The van der Waals surface area contributed by atoms with Crippen LogP contribution in [0, 0.1) is 0 Å². The Kier molecular flexibility index (Phi) is 2.44. The molecule has 5 heteroatoms. The van der Waals surface area contributed by atoms with Crippen LogP contribution in [0.5, 0.6) is 0 Å². The lowest BCUT2D eigenvalue weighted by molar-refractivity contribution is -0.128. The van der Waals surface area contributed by atoms with Crippen LogP contribution in [-0.2, 0) is 9.59 Å². The number of anilines is 1. The Bertz CT molecular complexity index is 634. The van der Waals surface area contributed by atoms with Gasteiger partial charge in [-0.2, -0.15) is 0 Å². The van der Waals surface area contributed by atoms with E-state index in [4.69, 9.17) is 0 Å². The van der Waals surface area contributed by atoms with Crippen molar-refractivity contribution in [3.05, 3.63) is 36.7 Å². The predicted molar refractivity (Wildman–Crippen MR) is 67.1 cm³/mol. The fraction of sp³-hybridized carbons (Fsp3) is 0.154. The minimum absolute atomic E-state index is 0.0559. The Labute approximate surface area is 103 Å². The molecule has 1 aliphatic heterocycles. The second-order valence-electron chi connectivity index (χ2n) is 4.13. The molecule has 1 aromatic heterocycles. The van der Waals surface area contributed by atoms with Crippen molar-refractivity contribution < 1.29 is 9.59 Å². The Hall–Kier alpha value is -2.43. The maximum Gasteiger partial charge on any atom is 0.246 e. The minimum atomic E-state index is -0.138. The van der Waals surface area contributed by atoms with Gasteiger partial charge in [-0.05, 0) is 12.1 Å². The Morgan fingerprint density at radius 2 is 2.11 bits per heavy atom. The minimum Gasteiger partial charge on any atom is -0.345 e. The number of hydrogen-bond acceptors (Lipinski definition) is 3. The van der Waals surface area contributed by atoms with Crippen molar-refractivity contribution in [1.82, 2.24) is 10.3 Å². The van der Waals surface area contributed by atoms with Crippen molar-refractivity contribution in [2.75, 3.05) is 18.0 Å². The first-order valence-corrected chi connectivity index (χ1v) is 5.65. The van der Waals surface area contributed by atoms with Crippen LogP contribution in [0.2, 0.25) is 0 Å². The number of aromatic nitrogens is 1. The van der Waals surface area contributed by atoms with E-state index in [0.29, 0.717) is 0 Å². The summed E-state index contributed by atoms with van der Waals surface area (Å²) in [6.07, 6.45) is 3.42. The molecule has 3 rings (SSSR count). The van der Waals surface area contributed by atoms with E-state index in [1.165, 1.54) is 4.90 Å². The molecule has 0 unspecified atom stereocenters. The number of piperazine rings is 1. The first-order valence-electron chi connectivity index (χ1n) is 5.65. The van der Waals surface area contributed by atoms with Crippen molar-refractivity contribution in [1.29, 1.82) is 0 Å². The molecule has 0 spiro atoms. The molecule has 0 radical (unpaired) electrons. The highest BCUT2D eigenvalue weighted by Crippen LogP contribution is 2.26. The van der Waals surface area contributed by atoms with E-state index < -0.39 is 0 Å². The summed E-state index contributed by atoms with van der Waals surface area (Å²) in [5.41, 5.74) is 0.759. The molecule has 0 bridgehead atoms. The predicted octanol–water partition coefficient (Wildman–Crippen LogP) is 0.698. The number of amides is 2. The summed E-state index contributed by atoms with van der Waals surface area (Å²) in [5, 5.41) is 4.42. The first-order chi connectivity index (χ1) is 8.75. The highest BCUT2D eigenvalue weighted by molar-refractivity contribution is 6.09. The molecule has 0 atom stereocenters. The fourth-order valence-electron chi connectivity index (χ4n) is 2.12. The molecule has 2 amide bonds. The number of benzene rings is 1. The summed E-state index contributed by atoms with van der Waals surface area (Å²) in [6, 6.07) is 7.49. The van der Waals surface area contributed by atoms with Gasteiger partial charge >= 0.3 is 0 Å². The standard InChI is InChI=1S/C13H11N3O2/c17-12-8-16(13(18)7-15-12)11-3-1-2-9-6-14-5-4-10(9)11/h1-6H,7-8H2,(H,15,17). The summed E-state index contributed by atoms with van der Waals surface area (Å²) in [5.74, 6) is -0.237. The van der Waals surface area contributed by atoms with Crippen LogP contribution in [0.1, 0.15) is 0 Å². The Morgan fingerprint density at radius 1 is 1.22 bits per heavy atom. The van der Waals surface area contributed by atoms with Gasteiger partial charge in [0.05, 0.1) is 12.2 Å². The van der Waals surface area contributed by atoms with E-state index in [0.717, 1.165) is 16.5 Å². The van der Waals surface area contributed by atoms with E-state index in [9.17, 15) is 9.59 Å². The lowest BCUT2D eigenvalue weighted by Crippen LogP contribution is -2.51. The number of fused-ring (bicyclic) bond motifs is 1. The molecule has 5 nitrogen and oxygen atoms in total. The third kappa shape index (κ3) is 1.69. The SMILES string of the molecule is O=C1CN(c2cccc3cnccc23)C(=O)CN1. The van der Waals surface area contributed by atoms with Crippen LogP contribution in [0.15, 0.2) is 36.7 Å². The number of pyridine rings is 1. The monoisotopic (exact) mass is 241 g/mol. The summed E-state index contributed by atoms with van der Waals surface area (Å²) < 4.78 is 0. The molecule has 2 heterocycles. The first kappa shape index (κ1) is 10.7. The van der Waals surface area contributed by atoms with Crippen molar-refractivity contribution in [2.24, 2.45) is 0 Å². The molecule has 1 saturated heterocycles. The maximum absolute atomic E-state index is 11.9. The lowest BCUT2D eigenvalue weighted by atomic mass is 10.1. The van der Waals surface area contributed by atoms with Gasteiger partial charge < -0.3 is 10.2 Å². The summed E-state index contributed by atoms with van der Waals surface area (Å²) >= 11 is 0. The van der Waals surface area contributed by atoms with Gasteiger partial charge in [-0.3, -0.25) is 14.6 Å². The van der Waals surface area contributed by atoms with E-state index in [1.807, 2.05) is 24.3 Å². The van der Waals surface area contributed by atoms with Crippen LogP contribution >= 0.6 is 0 Å². The van der Waals surface area contributed by atoms with Crippen LogP contribution < -0.4 is 10.2 Å². The van der Waals surface area contributed by atoms with E-state index in [1.54, 1.807) is 12.4 Å². The van der Waals surface area contributed by atoms with Crippen molar-refractivity contribution in [2.45, 2.75) is 0 Å². The zero-order valence-electron chi connectivity index (χ0n) is 9.59. The zero-order valence-corrected chi connectivity index (χ0v) is 9.59. The molecular weight excluding hydrogens is 230 g/mol. The van der Waals surface area contributed by atoms with Crippen molar-refractivity contribution in [3.8, 4) is 0 Å². The average molecular weight is 241 g/mol. The van der Waals surface area contributed by atoms with Crippen LogP contribution in [0.4, 0.5) is 5.69 Å². The number of carbonyl (C=O) groups is 2. The zero-order chi connectivity index (χ0) is 12.5. The van der Waals surface area contributed by atoms with E-state index >= 15 is 0 Å². The number of nitrogens with one attached hydrogen (secondary N) is 1. The number of carbonyl (C=O) groups excluding carboxylic acids is 2. The van der Waals surface area contributed by atoms with Gasteiger partial charge in [-0.15, -0.1) is 0 Å². The quantitative estimate of drug-likeness (QED) is 0.799. The molecule has 0 aliphatic carbocycles. The molecule has 1 aromatic carbocycles. The van der Waals surface area contributed by atoms with Crippen LogP contribution in [0.25, 0.3) is 10.8 Å². The molecule has 1 N–H and O–H groups in total. The second kappa shape index (κ2) is 4.10. The van der Waals surface area contributed by atoms with Gasteiger partial charge in [-0.1, -0.05) is 12.1 Å². The number of rotatable bonds is 1. The maximum atomic E-state index is 11.9. The molecule has 1 aliphatic rings. The smallest absolute Gasteiger partial charge is 0.246 e. The summed E-state index contributed by atoms with van der Waals surface area (Å²) in [4.78, 5) is 28.9. The van der Waals surface area contributed by atoms with E-state index in [-0.39, 0.29) is 24.9 Å². The summed E-state index contributed by atoms with van der Waals surface area (Å²) in [7, 11) is 0. The molecule has 0 saturated carbocycles. The average Bonchev–Trinajstić information content (AvgIpc) is 2.41. The molecule has 2 aromatic rings. The Morgan fingerprint density at radius 3 is 3.00 bits per heavy atom. The second-order valence-corrected chi connectivity index (χ2v) is 4.13. The summed E-state index contributed by atoms with van der Waals surface area (Å²) in [6.45, 7) is 0.126. The molecule has 1 fully saturated rings. The largest absolute Gasteiger partial charge is 0.345 e.